The number of para-hydroxylation sites is 2. The van der Waals surface area contributed by atoms with Crippen molar-refractivity contribution in [2.45, 2.75) is 39.0 Å². The quantitative estimate of drug-likeness (QED) is 0.319. The van der Waals surface area contributed by atoms with Gasteiger partial charge in [0.2, 0.25) is 11.9 Å². The highest BCUT2D eigenvalue weighted by atomic mass is 35.5. The van der Waals surface area contributed by atoms with Gasteiger partial charge in [0.25, 0.3) is 0 Å². The highest BCUT2D eigenvalue weighted by molar-refractivity contribution is 6.33. The number of benzene rings is 2. The standard InChI is InChI=1S/C28H27ClN6O/c1-18-9-8-16-30-25(18)19-10-4-6-12-22(19)32-26-21(29)17-31-27(33-26)34-35-23-13-7-5-11-20(23)28(2,3)15-14-24(35)36/h4-13,16-17H,14-15H2,1-3H3,(H2,31,32,33,34). The molecule has 5 rings (SSSR count). The van der Waals surface area contributed by atoms with Crippen LogP contribution < -0.4 is 15.8 Å². The molecule has 2 N–H and O–H groups in total. The summed E-state index contributed by atoms with van der Waals surface area (Å²) in [5.74, 6) is 0.638. The molecule has 0 spiro atoms. The predicted molar refractivity (Wildman–Crippen MR) is 145 cm³/mol. The van der Waals surface area contributed by atoms with Gasteiger partial charge >= 0.3 is 0 Å². The number of rotatable bonds is 5. The molecule has 0 aliphatic carbocycles. The number of nitrogens with zero attached hydrogens (tertiary/aromatic N) is 4. The molecule has 0 bridgehead atoms. The Bertz CT molecular complexity index is 1440. The van der Waals surface area contributed by atoms with Gasteiger partial charge < -0.3 is 5.32 Å². The summed E-state index contributed by atoms with van der Waals surface area (Å²) in [7, 11) is 0. The van der Waals surface area contributed by atoms with E-state index in [0.717, 1.165) is 40.2 Å². The van der Waals surface area contributed by atoms with Crippen LogP contribution in [0.1, 0.15) is 37.8 Å². The van der Waals surface area contributed by atoms with Gasteiger partial charge in [0.1, 0.15) is 5.02 Å². The minimum atomic E-state index is -0.135. The van der Waals surface area contributed by atoms with Crippen molar-refractivity contribution in [2.75, 3.05) is 15.8 Å². The van der Waals surface area contributed by atoms with Crippen LogP contribution in [-0.2, 0) is 10.2 Å². The second-order valence-electron chi connectivity index (χ2n) is 9.47. The number of fused-ring (bicyclic) bond motifs is 1. The fourth-order valence-electron chi connectivity index (χ4n) is 4.47. The number of aryl methyl sites for hydroxylation is 1. The van der Waals surface area contributed by atoms with E-state index in [1.807, 2.05) is 61.5 Å². The van der Waals surface area contributed by atoms with E-state index in [-0.39, 0.29) is 17.3 Å². The van der Waals surface area contributed by atoms with Crippen LogP contribution in [0.4, 0.5) is 23.1 Å². The third-order valence-corrected chi connectivity index (χ3v) is 6.76. The van der Waals surface area contributed by atoms with Crippen LogP contribution in [0, 0.1) is 6.92 Å². The number of pyridine rings is 1. The van der Waals surface area contributed by atoms with E-state index in [1.54, 1.807) is 11.2 Å². The van der Waals surface area contributed by atoms with Gasteiger partial charge in [-0.25, -0.2) is 9.99 Å². The summed E-state index contributed by atoms with van der Waals surface area (Å²) < 4.78 is 0. The van der Waals surface area contributed by atoms with Crippen molar-refractivity contribution in [2.24, 2.45) is 0 Å². The number of halogens is 1. The van der Waals surface area contributed by atoms with E-state index in [2.05, 4.69) is 45.6 Å². The smallest absolute Gasteiger partial charge is 0.245 e. The molecule has 1 amide bonds. The van der Waals surface area contributed by atoms with E-state index >= 15 is 0 Å². The molecule has 182 valence electrons. The summed E-state index contributed by atoms with van der Waals surface area (Å²) >= 11 is 6.48. The van der Waals surface area contributed by atoms with Crippen LogP contribution in [0.3, 0.4) is 0 Å². The van der Waals surface area contributed by atoms with Crippen LogP contribution in [0.25, 0.3) is 11.3 Å². The van der Waals surface area contributed by atoms with E-state index in [4.69, 9.17) is 11.6 Å². The molecule has 0 saturated heterocycles. The summed E-state index contributed by atoms with van der Waals surface area (Å²) in [5, 5.41) is 5.24. The highest BCUT2D eigenvalue weighted by Gasteiger charge is 2.33. The Balaban J connectivity index is 1.48. The minimum absolute atomic E-state index is 0.0444. The zero-order valence-corrected chi connectivity index (χ0v) is 21.2. The summed E-state index contributed by atoms with van der Waals surface area (Å²) in [6.07, 6.45) is 4.45. The number of carbonyl (C=O) groups excluding carboxylic acids is 1. The number of amides is 1. The minimum Gasteiger partial charge on any atom is -0.338 e. The van der Waals surface area contributed by atoms with Gasteiger partial charge in [0.05, 0.1) is 17.6 Å². The van der Waals surface area contributed by atoms with E-state index in [9.17, 15) is 4.79 Å². The molecule has 2 aromatic heterocycles. The molecule has 36 heavy (non-hydrogen) atoms. The lowest BCUT2D eigenvalue weighted by molar-refractivity contribution is -0.118. The van der Waals surface area contributed by atoms with Gasteiger partial charge in [-0.3, -0.25) is 15.2 Å². The van der Waals surface area contributed by atoms with Crippen LogP contribution in [0.2, 0.25) is 5.02 Å². The van der Waals surface area contributed by atoms with Gasteiger partial charge in [-0.2, -0.15) is 4.98 Å². The number of hydrogen-bond donors (Lipinski definition) is 2. The molecule has 8 heteroatoms. The Labute approximate surface area is 215 Å². The van der Waals surface area contributed by atoms with Crippen LogP contribution in [0.5, 0.6) is 0 Å². The molecule has 0 atom stereocenters. The average molecular weight is 499 g/mol. The Morgan fingerprint density at radius 1 is 1.00 bits per heavy atom. The first kappa shape index (κ1) is 23.8. The Morgan fingerprint density at radius 2 is 1.78 bits per heavy atom. The number of aromatic nitrogens is 3. The third kappa shape index (κ3) is 4.62. The van der Waals surface area contributed by atoms with Crippen molar-refractivity contribution < 1.29 is 4.79 Å². The molecule has 0 saturated carbocycles. The van der Waals surface area contributed by atoms with Gasteiger partial charge in [-0.1, -0.05) is 67.9 Å². The summed E-state index contributed by atoms with van der Waals surface area (Å²) in [4.78, 5) is 26.6. The monoisotopic (exact) mass is 498 g/mol. The van der Waals surface area contributed by atoms with Crippen molar-refractivity contribution in [3.05, 3.63) is 89.2 Å². The van der Waals surface area contributed by atoms with Gasteiger partial charge in [-0.15, -0.1) is 0 Å². The van der Waals surface area contributed by atoms with Gasteiger partial charge in [0.15, 0.2) is 5.82 Å². The zero-order chi connectivity index (χ0) is 25.3. The second kappa shape index (κ2) is 9.59. The summed E-state index contributed by atoms with van der Waals surface area (Å²) in [5.41, 5.74) is 8.55. The maximum atomic E-state index is 13.1. The summed E-state index contributed by atoms with van der Waals surface area (Å²) in [6, 6.07) is 19.7. The first-order chi connectivity index (χ1) is 17.3. The van der Waals surface area contributed by atoms with Crippen molar-refractivity contribution in [3.8, 4) is 11.3 Å². The number of nitrogens with one attached hydrogen (secondary N) is 2. The number of hydrogen-bond acceptors (Lipinski definition) is 6. The van der Waals surface area contributed by atoms with Crippen molar-refractivity contribution in [1.29, 1.82) is 0 Å². The average Bonchev–Trinajstić information content (AvgIpc) is 2.97. The van der Waals surface area contributed by atoms with Crippen LogP contribution >= 0.6 is 11.6 Å². The third-order valence-electron chi connectivity index (χ3n) is 6.49. The molecule has 3 heterocycles. The highest BCUT2D eigenvalue weighted by Crippen LogP contribution is 2.39. The largest absolute Gasteiger partial charge is 0.338 e. The lowest BCUT2D eigenvalue weighted by atomic mass is 9.80. The fraction of sp³-hybridized carbons (Fsp3) is 0.214. The topological polar surface area (TPSA) is 83.0 Å². The van der Waals surface area contributed by atoms with Gasteiger partial charge in [-0.05, 0) is 48.1 Å². The van der Waals surface area contributed by atoms with E-state index in [0.29, 0.717) is 17.3 Å². The number of hydrazine groups is 1. The number of carbonyl (C=O) groups is 1. The molecule has 0 radical (unpaired) electrons. The van der Waals surface area contributed by atoms with Crippen molar-refractivity contribution in [1.82, 2.24) is 15.0 Å². The first-order valence-corrected chi connectivity index (χ1v) is 12.2. The zero-order valence-electron chi connectivity index (χ0n) is 20.4. The molecule has 1 aliphatic heterocycles. The van der Waals surface area contributed by atoms with Crippen LogP contribution in [-0.4, -0.2) is 20.9 Å². The molecular weight excluding hydrogens is 472 g/mol. The molecule has 2 aromatic carbocycles. The predicted octanol–water partition coefficient (Wildman–Crippen LogP) is 6.68. The fourth-order valence-corrected chi connectivity index (χ4v) is 4.60. The molecule has 4 aromatic rings. The van der Waals surface area contributed by atoms with E-state index < -0.39 is 0 Å². The maximum Gasteiger partial charge on any atom is 0.245 e. The summed E-state index contributed by atoms with van der Waals surface area (Å²) in [6.45, 7) is 6.34. The molecular formula is C28H27ClN6O. The Kier molecular flexibility index (Phi) is 6.33. The lowest BCUT2D eigenvalue weighted by Gasteiger charge is -2.27. The van der Waals surface area contributed by atoms with Crippen molar-refractivity contribution in [3.63, 3.8) is 0 Å². The van der Waals surface area contributed by atoms with Crippen molar-refractivity contribution >= 4 is 40.6 Å². The number of anilines is 4. The van der Waals surface area contributed by atoms with E-state index in [1.165, 1.54) is 6.20 Å². The molecule has 0 fully saturated rings. The van der Waals surface area contributed by atoms with Gasteiger partial charge in [0, 0.05) is 23.9 Å². The first-order valence-electron chi connectivity index (χ1n) is 11.8. The normalized spacial score (nSPS) is 14.7. The second-order valence-corrected chi connectivity index (χ2v) is 9.88. The maximum absolute atomic E-state index is 13.1. The molecule has 7 nitrogen and oxygen atoms in total. The Hall–Kier alpha value is -3.97. The molecule has 1 aliphatic rings. The SMILES string of the molecule is Cc1cccnc1-c1ccccc1Nc1nc(NN2C(=O)CCC(C)(C)c3ccccc32)ncc1Cl. The Morgan fingerprint density at radius 3 is 2.61 bits per heavy atom. The lowest BCUT2D eigenvalue weighted by Crippen LogP contribution is -2.36. The van der Waals surface area contributed by atoms with Crippen LogP contribution in [0.15, 0.2) is 73.1 Å². The molecule has 0 unspecified atom stereocenters.